The molecule has 0 spiro atoms. The van der Waals surface area contributed by atoms with Gasteiger partial charge in [-0.2, -0.15) is 0 Å². The maximum absolute atomic E-state index is 2.62. The van der Waals surface area contributed by atoms with Crippen molar-refractivity contribution in [2.45, 2.75) is 38.5 Å². The molecular weight excluding hydrogens is 625 g/mol. The van der Waals surface area contributed by atoms with Crippen molar-refractivity contribution in [3.05, 3.63) is 190 Å². The fourth-order valence-electron chi connectivity index (χ4n) is 10.9. The van der Waals surface area contributed by atoms with Gasteiger partial charge < -0.3 is 0 Å². The van der Waals surface area contributed by atoms with Gasteiger partial charge in [0.05, 0.1) is 0 Å². The first kappa shape index (κ1) is 28.9. The van der Waals surface area contributed by atoms with Gasteiger partial charge in [-0.15, -0.1) is 0 Å². The average Bonchev–Trinajstić information content (AvgIpc) is 3.71. The minimum Gasteiger partial charge on any atom is -0.0842 e. The number of hydrogen-bond acceptors (Lipinski definition) is 0. The highest BCUT2D eigenvalue weighted by Crippen LogP contribution is 2.63. The largest absolute Gasteiger partial charge is 0.0842 e. The molecular formula is C52H38. The molecule has 0 radical (unpaired) electrons. The van der Waals surface area contributed by atoms with Gasteiger partial charge in [0.2, 0.25) is 0 Å². The van der Waals surface area contributed by atoms with Crippen LogP contribution in [0.15, 0.2) is 168 Å². The molecule has 5 aromatic rings. The van der Waals surface area contributed by atoms with E-state index in [0.29, 0.717) is 11.8 Å². The zero-order valence-electron chi connectivity index (χ0n) is 29.3. The van der Waals surface area contributed by atoms with Crippen LogP contribution in [0.3, 0.4) is 0 Å². The van der Waals surface area contributed by atoms with Crippen molar-refractivity contribution < 1.29 is 0 Å². The lowest BCUT2D eigenvalue weighted by molar-refractivity contribution is 0.660. The zero-order valence-corrected chi connectivity index (χ0v) is 29.3. The Labute approximate surface area is 305 Å². The van der Waals surface area contributed by atoms with Crippen molar-refractivity contribution in [1.82, 2.24) is 0 Å². The molecule has 0 fully saturated rings. The molecule has 2 unspecified atom stereocenters. The lowest BCUT2D eigenvalue weighted by atomic mass is 9.69. The highest BCUT2D eigenvalue weighted by molar-refractivity contribution is 6.30. The van der Waals surface area contributed by atoms with E-state index in [1.807, 2.05) is 0 Å². The second-order valence-electron chi connectivity index (χ2n) is 15.6. The number of hydrogen-bond donors (Lipinski definition) is 0. The first-order valence-corrected chi connectivity index (χ1v) is 19.3. The van der Waals surface area contributed by atoms with Crippen LogP contribution >= 0.6 is 0 Å². The first-order valence-electron chi connectivity index (χ1n) is 19.3. The normalized spacial score (nSPS) is 21.8. The lowest BCUT2D eigenvalue weighted by Crippen LogP contribution is -2.21. The van der Waals surface area contributed by atoms with E-state index >= 15 is 0 Å². The Kier molecular flexibility index (Phi) is 6.06. The van der Waals surface area contributed by atoms with Crippen LogP contribution in [-0.2, 0) is 0 Å². The predicted molar refractivity (Wildman–Crippen MR) is 220 cm³/mol. The van der Waals surface area contributed by atoms with E-state index in [9.17, 15) is 0 Å². The molecule has 0 saturated heterocycles. The predicted octanol–water partition coefficient (Wildman–Crippen LogP) is 13.8. The van der Waals surface area contributed by atoms with Crippen molar-refractivity contribution in [2.75, 3.05) is 0 Å². The quantitative estimate of drug-likeness (QED) is 0.169. The Morgan fingerprint density at radius 3 is 2.17 bits per heavy atom. The van der Waals surface area contributed by atoms with Gasteiger partial charge in [0, 0.05) is 11.8 Å². The van der Waals surface area contributed by atoms with Crippen LogP contribution in [0.4, 0.5) is 0 Å². The molecule has 2 atom stereocenters. The number of fused-ring (bicyclic) bond motifs is 8. The SMILES string of the molecule is C1=CCCC(C2=CC3=C(CC2)c2cc4c(-c5ccccc5)c5c(c(-c6ccccc6)c4c4cccc3c24)C2=CC3=C(C=CCC3)C3C=CC=C5C23)=C1. The van der Waals surface area contributed by atoms with E-state index in [-0.39, 0.29) is 0 Å². The van der Waals surface area contributed by atoms with Crippen molar-refractivity contribution in [3.63, 3.8) is 0 Å². The van der Waals surface area contributed by atoms with E-state index in [4.69, 9.17) is 0 Å². The number of rotatable bonds is 3. The minimum absolute atomic E-state index is 0.331. The Hall–Kier alpha value is -5.72. The molecule has 0 aliphatic heterocycles. The van der Waals surface area contributed by atoms with E-state index in [2.05, 4.69) is 146 Å². The van der Waals surface area contributed by atoms with Crippen LogP contribution in [-0.4, -0.2) is 0 Å². The van der Waals surface area contributed by atoms with Gasteiger partial charge in [-0.25, -0.2) is 0 Å². The molecule has 0 amide bonds. The van der Waals surface area contributed by atoms with E-state index in [1.165, 1.54) is 111 Å². The van der Waals surface area contributed by atoms with E-state index in [0.717, 1.165) is 38.5 Å². The van der Waals surface area contributed by atoms with Crippen LogP contribution in [0.2, 0.25) is 0 Å². The summed E-state index contributed by atoms with van der Waals surface area (Å²) in [6.07, 6.45) is 30.9. The molecule has 0 saturated carbocycles. The highest BCUT2D eigenvalue weighted by atomic mass is 14.5. The van der Waals surface area contributed by atoms with Crippen LogP contribution in [0.25, 0.3) is 66.1 Å². The fourth-order valence-corrected chi connectivity index (χ4v) is 10.9. The van der Waals surface area contributed by atoms with Gasteiger partial charge in [-0.1, -0.05) is 140 Å². The van der Waals surface area contributed by atoms with E-state index in [1.54, 1.807) is 0 Å². The lowest BCUT2D eigenvalue weighted by Gasteiger charge is -2.34. The van der Waals surface area contributed by atoms with Crippen molar-refractivity contribution in [3.8, 4) is 22.3 Å². The number of benzene rings is 5. The Bertz CT molecular complexity index is 2740. The smallest absolute Gasteiger partial charge is 0.0206 e. The van der Waals surface area contributed by atoms with Crippen molar-refractivity contribution >= 4 is 43.8 Å². The molecule has 0 aromatic heterocycles. The van der Waals surface area contributed by atoms with Gasteiger partial charge in [-0.3, -0.25) is 0 Å². The second-order valence-corrected chi connectivity index (χ2v) is 15.6. The topological polar surface area (TPSA) is 0 Å². The minimum atomic E-state index is 0.331. The molecule has 0 heterocycles. The zero-order chi connectivity index (χ0) is 33.9. The van der Waals surface area contributed by atoms with Crippen molar-refractivity contribution in [1.29, 1.82) is 0 Å². The van der Waals surface area contributed by atoms with E-state index < -0.39 is 0 Å². The van der Waals surface area contributed by atoms with Crippen LogP contribution < -0.4 is 0 Å². The second kappa shape index (κ2) is 10.9. The maximum Gasteiger partial charge on any atom is 0.0206 e. The van der Waals surface area contributed by atoms with Gasteiger partial charge in [0.1, 0.15) is 0 Å². The molecule has 5 aromatic carbocycles. The molecule has 7 aliphatic rings. The third kappa shape index (κ3) is 3.88. The third-order valence-corrected chi connectivity index (χ3v) is 13.0. The highest BCUT2D eigenvalue weighted by Gasteiger charge is 2.45. The third-order valence-electron chi connectivity index (χ3n) is 13.0. The summed E-state index contributed by atoms with van der Waals surface area (Å²) in [5, 5.41) is 5.63. The first-order chi connectivity index (χ1) is 25.8. The molecule has 7 aliphatic carbocycles. The van der Waals surface area contributed by atoms with Crippen LogP contribution in [0.1, 0.15) is 60.8 Å². The molecule has 52 heavy (non-hydrogen) atoms. The number of allylic oxidation sites excluding steroid dienone is 18. The Morgan fingerprint density at radius 1 is 0.538 bits per heavy atom. The standard InChI is InChI=1S/C52H38/c1-4-14-31(15-5-1)34-26-27-37-42(28-34)39-23-13-24-40-48(39)43(37)30-45-46(32-16-6-2-7-17-32)51-41-25-12-22-38-36-21-11-10-20-35(36)29-44(49(38)41)52(51)47(50(40)45)33-18-8-3-9-19-33/h1-4,6-9,11-14,16-19,21-25,28-30,38,49H,5,10,15,20,26-27H2. The van der Waals surface area contributed by atoms with Crippen molar-refractivity contribution in [2.24, 2.45) is 11.8 Å². The summed E-state index contributed by atoms with van der Waals surface area (Å²) in [4.78, 5) is 0. The van der Waals surface area contributed by atoms with Gasteiger partial charge in [0.25, 0.3) is 0 Å². The molecule has 0 bridgehead atoms. The van der Waals surface area contributed by atoms with Crippen LogP contribution in [0.5, 0.6) is 0 Å². The fraction of sp³-hybridized carbons (Fsp3) is 0.154. The molecule has 246 valence electrons. The summed E-state index contributed by atoms with van der Waals surface area (Å²) in [5.41, 5.74) is 23.3. The van der Waals surface area contributed by atoms with Gasteiger partial charge in [0.15, 0.2) is 0 Å². The molecule has 0 heteroatoms. The molecule has 12 rings (SSSR count). The van der Waals surface area contributed by atoms with Gasteiger partial charge in [-0.05, 0) is 155 Å². The summed E-state index contributed by atoms with van der Waals surface area (Å²) in [6, 6.07) is 32.4. The van der Waals surface area contributed by atoms with Gasteiger partial charge >= 0.3 is 0 Å². The summed E-state index contributed by atoms with van der Waals surface area (Å²) in [7, 11) is 0. The monoisotopic (exact) mass is 662 g/mol. The summed E-state index contributed by atoms with van der Waals surface area (Å²) in [6.45, 7) is 0. The Balaban J connectivity index is 1.25. The van der Waals surface area contributed by atoms with Crippen LogP contribution in [0, 0.1) is 11.8 Å². The maximum atomic E-state index is 2.62. The summed E-state index contributed by atoms with van der Waals surface area (Å²) >= 11 is 0. The molecule has 0 N–H and O–H groups in total. The summed E-state index contributed by atoms with van der Waals surface area (Å²) in [5.74, 6) is 0.704. The Morgan fingerprint density at radius 2 is 1.35 bits per heavy atom. The average molecular weight is 663 g/mol. The summed E-state index contributed by atoms with van der Waals surface area (Å²) < 4.78 is 0. The molecule has 0 nitrogen and oxygen atoms in total.